The van der Waals surface area contributed by atoms with Gasteiger partial charge in [0.2, 0.25) is 11.8 Å². The van der Waals surface area contributed by atoms with Gasteiger partial charge >= 0.3 is 0 Å². The summed E-state index contributed by atoms with van der Waals surface area (Å²) in [5.41, 5.74) is 2.29. The minimum atomic E-state index is -0.0171. The van der Waals surface area contributed by atoms with Gasteiger partial charge in [0.15, 0.2) is 0 Å². The number of nitrogens with zero attached hydrogens (tertiary/aromatic N) is 4. The van der Waals surface area contributed by atoms with Crippen molar-refractivity contribution in [2.75, 3.05) is 13.1 Å². The molecule has 27 heavy (non-hydrogen) atoms. The summed E-state index contributed by atoms with van der Waals surface area (Å²) in [4.78, 5) is 14.6. The molecule has 0 spiro atoms. The predicted octanol–water partition coefficient (Wildman–Crippen LogP) is 3.60. The molecule has 4 rings (SSSR count). The Kier molecular flexibility index (Phi) is 4.75. The molecule has 1 aliphatic rings. The molecule has 0 radical (unpaired) electrons. The van der Waals surface area contributed by atoms with Gasteiger partial charge in [-0.15, -0.1) is 10.2 Å². The Morgan fingerprint density at radius 1 is 1.19 bits per heavy atom. The van der Waals surface area contributed by atoms with E-state index in [1.807, 2.05) is 55.1 Å². The molecule has 0 unspecified atom stereocenters. The molecular formula is C20H23N5O2. The van der Waals surface area contributed by atoms with Crippen LogP contribution in [0.1, 0.15) is 60.8 Å². The van der Waals surface area contributed by atoms with Crippen LogP contribution in [-0.2, 0) is 0 Å². The molecule has 1 fully saturated rings. The summed E-state index contributed by atoms with van der Waals surface area (Å²) in [6, 6.07) is 11.6. The van der Waals surface area contributed by atoms with E-state index >= 15 is 0 Å². The maximum atomic E-state index is 12.8. The maximum Gasteiger partial charge on any atom is 0.271 e. The second-order valence-electron chi connectivity index (χ2n) is 7.23. The van der Waals surface area contributed by atoms with Gasteiger partial charge in [-0.1, -0.05) is 44.2 Å². The van der Waals surface area contributed by atoms with Gasteiger partial charge in [0.05, 0.1) is 5.69 Å². The Labute approximate surface area is 157 Å². The normalized spacial score (nSPS) is 15.4. The van der Waals surface area contributed by atoms with Crippen LogP contribution >= 0.6 is 0 Å². The summed E-state index contributed by atoms with van der Waals surface area (Å²) in [5, 5.41) is 15.5. The third-order valence-electron chi connectivity index (χ3n) is 4.96. The topological polar surface area (TPSA) is 87.9 Å². The minimum Gasteiger partial charge on any atom is -0.425 e. The maximum absolute atomic E-state index is 12.8. The van der Waals surface area contributed by atoms with Crippen molar-refractivity contribution in [3.05, 3.63) is 53.9 Å². The highest BCUT2D eigenvalue weighted by Gasteiger charge is 2.28. The van der Waals surface area contributed by atoms with E-state index in [2.05, 4.69) is 20.4 Å². The van der Waals surface area contributed by atoms with Crippen molar-refractivity contribution in [1.29, 1.82) is 0 Å². The Hall–Kier alpha value is -2.96. The van der Waals surface area contributed by atoms with Crippen LogP contribution in [0.15, 0.2) is 40.8 Å². The molecule has 7 nitrogen and oxygen atoms in total. The van der Waals surface area contributed by atoms with Gasteiger partial charge in [-0.2, -0.15) is 5.10 Å². The van der Waals surface area contributed by atoms with E-state index < -0.39 is 0 Å². The van der Waals surface area contributed by atoms with Crippen molar-refractivity contribution < 1.29 is 9.21 Å². The Morgan fingerprint density at radius 2 is 1.93 bits per heavy atom. The Morgan fingerprint density at radius 3 is 2.59 bits per heavy atom. The first-order valence-corrected chi connectivity index (χ1v) is 9.35. The Bertz CT molecular complexity index is 907. The van der Waals surface area contributed by atoms with Gasteiger partial charge in [-0.05, 0) is 18.9 Å². The van der Waals surface area contributed by atoms with Crippen molar-refractivity contribution in [1.82, 2.24) is 25.3 Å². The molecule has 7 heteroatoms. The zero-order chi connectivity index (χ0) is 18.8. The van der Waals surface area contributed by atoms with Crippen LogP contribution < -0.4 is 0 Å². The van der Waals surface area contributed by atoms with Crippen molar-refractivity contribution in [3.63, 3.8) is 0 Å². The van der Waals surface area contributed by atoms with Crippen LogP contribution in [0.25, 0.3) is 11.3 Å². The van der Waals surface area contributed by atoms with Crippen LogP contribution in [0, 0.1) is 0 Å². The number of piperidine rings is 1. The highest BCUT2D eigenvalue weighted by molar-refractivity contribution is 5.93. The van der Waals surface area contributed by atoms with Crippen molar-refractivity contribution in [2.45, 2.75) is 38.5 Å². The molecule has 1 amide bonds. The summed E-state index contributed by atoms with van der Waals surface area (Å²) in [7, 11) is 0. The Balaban J connectivity index is 1.39. The van der Waals surface area contributed by atoms with Crippen LogP contribution in [0.4, 0.5) is 0 Å². The van der Waals surface area contributed by atoms with Crippen LogP contribution in [-0.4, -0.2) is 44.3 Å². The molecule has 1 N–H and O–H groups in total. The molecule has 3 heterocycles. The number of benzene rings is 1. The van der Waals surface area contributed by atoms with Gasteiger partial charge in [-0.3, -0.25) is 9.89 Å². The molecule has 2 aromatic heterocycles. The summed E-state index contributed by atoms with van der Waals surface area (Å²) < 4.78 is 5.78. The van der Waals surface area contributed by atoms with E-state index in [1.54, 1.807) is 0 Å². The van der Waals surface area contributed by atoms with Crippen LogP contribution in [0.2, 0.25) is 0 Å². The second kappa shape index (κ2) is 7.34. The summed E-state index contributed by atoms with van der Waals surface area (Å²) in [5.74, 6) is 1.80. The van der Waals surface area contributed by atoms with Crippen LogP contribution in [0.5, 0.6) is 0 Å². The second-order valence-corrected chi connectivity index (χ2v) is 7.23. The number of hydrogen-bond donors (Lipinski definition) is 1. The lowest BCUT2D eigenvalue weighted by atomic mass is 9.96. The molecule has 1 saturated heterocycles. The molecule has 0 aliphatic carbocycles. The van der Waals surface area contributed by atoms with Gasteiger partial charge in [0.25, 0.3) is 5.91 Å². The third kappa shape index (κ3) is 3.63. The first-order chi connectivity index (χ1) is 13.1. The number of aromatic amines is 1. The quantitative estimate of drug-likeness (QED) is 0.763. The molecule has 3 aromatic rings. The molecule has 140 valence electrons. The third-order valence-corrected chi connectivity index (χ3v) is 4.96. The predicted molar refractivity (Wildman–Crippen MR) is 100 cm³/mol. The average molecular weight is 365 g/mol. The van der Waals surface area contributed by atoms with Crippen molar-refractivity contribution in [2.24, 2.45) is 0 Å². The molecular weight excluding hydrogens is 342 g/mol. The number of rotatable bonds is 4. The van der Waals surface area contributed by atoms with E-state index in [1.165, 1.54) is 0 Å². The summed E-state index contributed by atoms with van der Waals surface area (Å²) in [6.07, 6.45) is 1.65. The first-order valence-electron chi connectivity index (χ1n) is 9.35. The fourth-order valence-electron chi connectivity index (χ4n) is 3.33. The highest BCUT2D eigenvalue weighted by atomic mass is 16.4. The van der Waals surface area contributed by atoms with E-state index in [9.17, 15) is 4.79 Å². The summed E-state index contributed by atoms with van der Waals surface area (Å²) in [6.45, 7) is 5.41. The van der Waals surface area contributed by atoms with E-state index in [0.29, 0.717) is 30.6 Å². The lowest BCUT2D eigenvalue weighted by Crippen LogP contribution is -2.38. The van der Waals surface area contributed by atoms with Gasteiger partial charge in [0, 0.05) is 30.5 Å². The number of hydrogen-bond acceptors (Lipinski definition) is 5. The number of likely N-dealkylation sites (tertiary alicyclic amines) is 1. The monoisotopic (exact) mass is 365 g/mol. The molecule has 1 aromatic carbocycles. The fraction of sp³-hybridized carbons (Fsp3) is 0.400. The smallest absolute Gasteiger partial charge is 0.271 e. The number of amides is 1. The first kappa shape index (κ1) is 17.5. The largest absolute Gasteiger partial charge is 0.425 e. The minimum absolute atomic E-state index is 0.0171. The average Bonchev–Trinajstić information content (AvgIpc) is 3.38. The number of nitrogens with one attached hydrogen (secondary N) is 1. The molecule has 0 atom stereocenters. The van der Waals surface area contributed by atoms with E-state index in [0.717, 1.165) is 24.1 Å². The number of carbonyl (C=O) groups excluding carboxylic acids is 1. The zero-order valence-corrected chi connectivity index (χ0v) is 15.6. The number of aromatic nitrogens is 4. The summed E-state index contributed by atoms with van der Waals surface area (Å²) >= 11 is 0. The lowest BCUT2D eigenvalue weighted by molar-refractivity contribution is 0.0700. The molecule has 0 bridgehead atoms. The number of carbonyl (C=O) groups is 1. The van der Waals surface area contributed by atoms with E-state index in [-0.39, 0.29) is 17.7 Å². The van der Waals surface area contributed by atoms with Gasteiger partial charge in [-0.25, -0.2) is 0 Å². The van der Waals surface area contributed by atoms with E-state index in [4.69, 9.17) is 4.42 Å². The highest BCUT2D eigenvalue weighted by Crippen LogP contribution is 2.29. The van der Waals surface area contributed by atoms with Gasteiger partial charge in [0.1, 0.15) is 5.69 Å². The SMILES string of the molecule is CC(C)c1nnc(C2CCN(C(=O)c3cc(-c4ccccc4)n[nH]3)CC2)o1. The van der Waals surface area contributed by atoms with Crippen LogP contribution in [0.3, 0.4) is 0 Å². The van der Waals surface area contributed by atoms with Crippen molar-refractivity contribution >= 4 is 5.91 Å². The fourth-order valence-corrected chi connectivity index (χ4v) is 3.33. The molecule has 1 aliphatic heterocycles. The number of H-pyrrole nitrogens is 1. The molecule has 0 saturated carbocycles. The standard InChI is InChI=1S/C20H23N5O2/c1-13(2)18-23-24-19(27-18)15-8-10-25(11-9-15)20(26)17-12-16(21-22-17)14-6-4-3-5-7-14/h3-7,12-13,15H,8-11H2,1-2H3,(H,21,22). The zero-order valence-electron chi connectivity index (χ0n) is 15.6. The van der Waals surface area contributed by atoms with Crippen molar-refractivity contribution in [3.8, 4) is 11.3 Å². The van der Waals surface area contributed by atoms with Gasteiger partial charge < -0.3 is 9.32 Å². The lowest BCUT2D eigenvalue weighted by Gasteiger charge is -2.30.